The normalized spacial score (nSPS) is 17.0. The van der Waals surface area contributed by atoms with Crippen molar-refractivity contribution >= 4 is 22.8 Å². The van der Waals surface area contributed by atoms with Crippen LogP contribution in [0.1, 0.15) is 34.8 Å². The number of pyridine rings is 1. The molecule has 3 aromatic rings. The predicted octanol–water partition coefficient (Wildman–Crippen LogP) is 2.94. The summed E-state index contributed by atoms with van der Waals surface area (Å²) >= 11 is 0. The van der Waals surface area contributed by atoms with Crippen LogP contribution in [0.2, 0.25) is 0 Å². The number of H-pyrrole nitrogens is 1. The number of aromatic nitrogens is 3. The minimum absolute atomic E-state index is 0.249. The molecule has 0 bridgehead atoms. The Labute approximate surface area is 148 Å². The zero-order valence-corrected chi connectivity index (χ0v) is 14.1. The first-order valence-electron chi connectivity index (χ1n) is 8.36. The zero-order valence-electron chi connectivity index (χ0n) is 14.1. The first-order valence-corrected chi connectivity index (χ1v) is 8.36. The number of aromatic amines is 1. The van der Waals surface area contributed by atoms with E-state index in [0.29, 0.717) is 40.9 Å². The predicted molar refractivity (Wildman–Crippen MR) is 93.0 cm³/mol. The maximum absolute atomic E-state index is 14.3. The Balaban J connectivity index is 1.78. The lowest BCUT2D eigenvalue weighted by Crippen LogP contribution is -2.24. The van der Waals surface area contributed by atoms with Crippen molar-refractivity contribution in [2.45, 2.75) is 18.9 Å². The number of benzene rings is 1. The van der Waals surface area contributed by atoms with Crippen molar-refractivity contribution in [3.05, 3.63) is 53.2 Å². The van der Waals surface area contributed by atoms with E-state index in [1.165, 1.54) is 12.3 Å². The Morgan fingerprint density at radius 1 is 1.35 bits per heavy atom. The monoisotopic (exact) mass is 357 g/mol. The maximum atomic E-state index is 14.3. The van der Waals surface area contributed by atoms with Gasteiger partial charge >= 0.3 is 0 Å². The molecule has 6 nitrogen and oxygen atoms in total. The van der Waals surface area contributed by atoms with Gasteiger partial charge < -0.3 is 10.2 Å². The minimum atomic E-state index is -0.469. The molecule has 3 heterocycles. The van der Waals surface area contributed by atoms with Gasteiger partial charge in [-0.1, -0.05) is 0 Å². The van der Waals surface area contributed by atoms with Crippen LogP contribution in [0.25, 0.3) is 11.0 Å². The third kappa shape index (κ3) is 2.67. The number of nitrogens with zero attached hydrogens (tertiary/aromatic N) is 3. The van der Waals surface area contributed by atoms with Crippen LogP contribution in [0, 0.1) is 11.6 Å². The van der Waals surface area contributed by atoms with Crippen LogP contribution in [-0.2, 0) is 0 Å². The first kappa shape index (κ1) is 16.4. The Hall–Kier alpha value is -3.03. The van der Waals surface area contributed by atoms with Gasteiger partial charge in [0.15, 0.2) is 11.5 Å². The molecule has 1 aliphatic heterocycles. The third-order valence-corrected chi connectivity index (χ3v) is 4.73. The summed E-state index contributed by atoms with van der Waals surface area (Å²) in [7, 11) is 1.55. The van der Waals surface area contributed by atoms with Crippen LogP contribution in [0.3, 0.4) is 0 Å². The fourth-order valence-corrected chi connectivity index (χ4v) is 3.49. The highest BCUT2D eigenvalue weighted by Crippen LogP contribution is 2.39. The van der Waals surface area contributed by atoms with Gasteiger partial charge in [-0.3, -0.25) is 9.89 Å². The Morgan fingerprint density at radius 2 is 2.19 bits per heavy atom. The summed E-state index contributed by atoms with van der Waals surface area (Å²) in [4.78, 5) is 18.1. The van der Waals surface area contributed by atoms with E-state index in [-0.39, 0.29) is 11.9 Å². The van der Waals surface area contributed by atoms with Crippen molar-refractivity contribution in [1.82, 2.24) is 20.5 Å². The molecule has 1 fully saturated rings. The van der Waals surface area contributed by atoms with E-state index >= 15 is 0 Å². The van der Waals surface area contributed by atoms with Gasteiger partial charge in [0.05, 0.1) is 17.0 Å². The maximum Gasteiger partial charge on any atom is 0.252 e. The molecular formula is C18H17F2N5O. The molecule has 0 spiro atoms. The second-order valence-corrected chi connectivity index (χ2v) is 6.26. The van der Waals surface area contributed by atoms with E-state index in [0.717, 1.165) is 18.6 Å². The lowest BCUT2D eigenvalue weighted by molar-refractivity contribution is 0.0963. The molecule has 26 heavy (non-hydrogen) atoms. The lowest BCUT2D eigenvalue weighted by Gasteiger charge is -2.25. The molecule has 1 amide bonds. The number of halogens is 2. The smallest absolute Gasteiger partial charge is 0.252 e. The molecule has 2 N–H and O–H groups in total. The summed E-state index contributed by atoms with van der Waals surface area (Å²) in [6.07, 6.45) is 2.99. The molecule has 8 heteroatoms. The second kappa shape index (κ2) is 6.36. The highest BCUT2D eigenvalue weighted by atomic mass is 19.1. The molecule has 1 aromatic carbocycles. The van der Waals surface area contributed by atoms with E-state index in [9.17, 15) is 13.6 Å². The summed E-state index contributed by atoms with van der Waals surface area (Å²) in [6.45, 7) is 0.658. The Bertz CT molecular complexity index is 987. The molecule has 1 aliphatic rings. The van der Waals surface area contributed by atoms with Crippen molar-refractivity contribution in [2.24, 2.45) is 0 Å². The van der Waals surface area contributed by atoms with Crippen LogP contribution in [0.5, 0.6) is 0 Å². The first-order chi connectivity index (χ1) is 12.6. The van der Waals surface area contributed by atoms with Crippen LogP contribution < -0.4 is 10.2 Å². The highest BCUT2D eigenvalue weighted by molar-refractivity contribution is 5.99. The van der Waals surface area contributed by atoms with Gasteiger partial charge in [-0.2, -0.15) is 5.10 Å². The molecular weight excluding hydrogens is 340 g/mol. The van der Waals surface area contributed by atoms with Gasteiger partial charge in [0.2, 0.25) is 0 Å². The number of carbonyl (C=O) groups excluding carboxylic acids is 1. The van der Waals surface area contributed by atoms with Crippen molar-refractivity contribution in [3.63, 3.8) is 0 Å². The number of anilines is 1. The average molecular weight is 357 g/mol. The van der Waals surface area contributed by atoms with Crippen molar-refractivity contribution in [3.8, 4) is 0 Å². The quantitative estimate of drug-likeness (QED) is 0.756. The van der Waals surface area contributed by atoms with E-state index in [4.69, 9.17) is 0 Å². The number of rotatable bonds is 3. The van der Waals surface area contributed by atoms with Crippen LogP contribution in [0.15, 0.2) is 30.5 Å². The van der Waals surface area contributed by atoms with Crippen molar-refractivity contribution < 1.29 is 13.6 Å². The number of fused-ring (bicyclic) bond motifs is 1. The van der Waals surface area contributed by atoms with Crippen LogP contribution in [-0.4, -0.2) is 34.7 Å². The van der Waals surface area contributed by atoms with Gasteiger partial charge in [-0.05, 0) is 37.1 Å². The summed E-state index contributed by atoms with van der Waals surface area (Å²) < 4.78 is 27.9. The molecule has 1 saturated heterocycles. The van der Waals surface area contributed by atoms with Gasteiger partial charge in [-0.15, -0.1) is 0 Å². The SMILES string of the molecule is CNC(=O)c1cnc2[nH]nc(N3CCC[C@@H]3c3cc(F)ccc3F)c2c1. The fraction of sp³-hybridized carbons (Fsp3) is 0.278. The van der Waals surface area contributed by atoms with Crippen LogP contribution >= 0.6 is 0 Å². The van der Waals surface area contributed by atoms with Gasteiger partial charge in [0.1, 0.15) is 11.6 Å². The van der Waals surface area contributed by atoms with Gasteiger partial charge in [0.25, 0.3) is 5.91 Å². The number of hydrogen-bond acceptors (Lipinski definition) is 4. The molecule has 0 aliphatic carbocycles. The van der Waals surface area contributed by atoms with E-state index in [2.05, 4.69) is 20.5 Å². The van der Waals surface area contributed by atoms with Crippen molar-refractivity contribution in [2.75, 3.05) is 18.5 Å². The second-order valence-electron chi connectivity index (χ2n) is 6.26. The molecule has 4 rings (SSSR count). The molecule has 134 valence electrons. The van der Waals surface area contributed by atoms with Crippen molar-refractivity contribution in [1.29, 1.82) is 0 Å². The largest absolute Gasteiger partial charge is 0.355 e. The fourth-order valence-electron chi connectivity index (χ4n) is 3.49. The summed E-state index contributed by atoms with van der Waals surface area (Å²) in [5.41, 5.74) is 1.27. The molecule has 2 aromatic heterocycles. The van der Waals surface area contributed by atoms with Gasteiger partial charge in [0, 0.05) is 25.4 Å². The average Bonchev–Trinajstić information content (AvgIpc) is 3.28. The topological polar surface area (TPSA) is 73.9 Å². The summed E-state index contributed by atoms with van der Waals surface area (Å²) in [6, 6.07) is 4.89. The van der Waals surface area contributed by atoms with E-state index in [1.54, 1.807) is 13.1 Å². The molecule has 0 saturated carbocycles. The highest BCUT2D eigenvalue weighted by Gasteiger charge is 2.31. The summed E-state index contributed by atoms with van der Waals surface area (Å²) in [5.74, 6) is -0.568. The number of hydrogen-bond donors (Lipinski definition) is 2. The Kier molecular flexibility index (Phi) is 4.02. The Morgan fingerprint density at radius 3 is 3.00 bits per heavy atom. The molecule has 0 unspecified atom stereocenters. The lowest BCUT2D eigenvalue weighted by atomic mass is 10.0. The standard InChI is InChI=1S/C18H17F2N5O/c1-21-18(26)10-7-13-16(22-9-10)23-24-17(13)25-6-2-3-15(25)12-8-11(19)4-5-14(12)20/h4-5,7-9,15H,2-3,6H2,1H3,(H,21,26)(H,22,23,24)/t15-/m1/s1. The minimum Gasteiger partial charge on any atom is -0.355 e. The number of amides is 1. The van der Waals surface area contributed by atoms with Crippen LogP contribution in [0.4, 0.5) is 14.6 Å². The van der Waals surface area contributed by atoms with Gasteiger partial charge in [-0.25, -0.2) is 13.8 Å². The molecule has 1 atom stereocenters. The summed E-state index contributed by atoms with van der Waals surface area (Å²) in [5, 5.41) is 10.4. The molecule has 0 radical (unpaired) electrons. The zero-order chi connectivity index (χ0) is 18.3. The third-order valence-electron chi connectivity index (χ3n) is 4.73. The number of carbonyl (C=O) groups is 1. The van der Waals surface area contributed by atoms with E-state index in [1.807, 2.05) is 4.90 Å². The number of nitrogens with one attached hydrogen (secondary N) is 2. The van der Waals surface area contributed by atoms with E-state index < -0.39 is 11.6 Å².